The average Bonchev–Trinajstić information content (AvgIpc) is 3.54. The van der Waals surface area contributed by atoms with Crippen molar-refractivity contribution >= 4 is 32.8 Å². The molecule has 0 atom stereocenters. The molecular weight excluding hydrogens is 573 g/mol. The van der Waals surface area contributed by atoms with Gasteiger partial charge in [-0.25, -0.2) is 15.0 Å². The van der Waals surface area contributed by atoms with Gasteiger partial charge in [0.25, 0.3) is 0 Å². The highest BCUT2D eigenvalue weighted by molar-refractivity contribution is 6.21. The maximum absolute atomic E-state index is 4.86. The lowest BCUT2D eigenvalue weighted by Crippen LogP contribution is -1.98. The summed E-state index contributed by atoms with van der Waals surface area (Å²) in [5, 5.41) is 4.98. The third kappa shape index (κ3) is 4.58. The molecule has 0 saturated carbocycles. The molecule has 0 N–H and O–H groups in total. The standard InChI is InChI=1S/C43H28N4/c1-4-12-30(13-5-1)39-35-18-10-11-19-36(35)40(31-14-6-2-7-15-31)38-28-33(22-25-37(38)39)29-20-23-34(24-21-29)47-42(32-16-8-3-9-17-32)46-41-43(47)45-27-26-44-41/h1-28H. The van der Waals surface area contributed by atoms with Crippen molar-refractivity contribution in [3.05, 3.63) is 170 Å². The fourth-order valence-corrected chi connectivity index (χ4v) is 6.83. The van der Waals surface area contributed by atoms with Crippen LogP contribution >= 0.6 is 0 Å². The molecule has 0 spiro atoms. The first kappa shape index (κ1) is 27.0. The van der Waals surface area contributed by atoms with Gasteiger partial charge in [-0.15, -0.1) is 0 Å². The molecule has 9 rings (SSSR count). The Labute approximate surface area is 272 Å². The van der Waals surface area contributed by atoms with Crippen molar-refractivity contribution in [2.45, 2.75) is 0 Å². The van der Waals surface area contributed by atoms with Gasteiger partial charge in [0.1, 0.15) is 5.82 Å². The minimum absolute atomic E-state index is 0.625. The second kappa shape index (κ2) is 11.2. The van der Waals surface area contributed by atoms with Crippen LogP contribution in [-0.2, 0) is 0 Å². The van der Waals surface area contributed by atoms with Gasteiger partial charge in [0, 0.05) is 23.6 Å². The van der Waals surface area contributed by atoms with E-state index in [-0.39, 0.29) is 0 Å². The van der Waals surface area contributed by atoms with E-state index in [9.17, 15) is 0 Å². The number of fused-ring (bicyclic) bond motifs is 3. The van der Waals surface area contributed by atoms with E-state index in [0.717, 1.165) is 33.8 Å². The van der Waals surface area contributed by atoms with E-state index < -0.39 is 0 Å². The monoisotopic (exact) mass is 600 g/mol. The zero-order chi connectivity index (χ0) is 31.2. The Kier molecular flexibility index (Phi) is 6.43. The Bertz CT molecular complexity index is 2540. The van der Waals surface area contributed by atoms with E-state index >= 15 is 0 Å². The lowest BCUT2D eigenvalue weighted by Gasteiger charge is -2.19. The van der Waals surface area contributed by atoms with Crippen LogP contribution in [0.5, 0.6) is 0 Å². The van der Waals surface area contributed by atoms with Gasteiger partial charge in [0.15, 0.2) is 11.3 Å². The second-order valence-electron chi connectivity index (χ2n) is 11.7. The van der Waals surface area contributed by atoms with E-state index in [1.54, 1.807) is 12.4 Å². The number of rotatable bonds is 5. The minimum atomic E-state index is 0.625. The number of aromatic nitrogens is 4. The van der Waals surface area contributed by atoms with Crippen LogP contribution in [0.25, 0.3) is 83.3 Å². The normalized spacial score (nSPS) is 11.4. The molecule has 4 nitrogen and oxygen atoms in total. The molecule has 0 aliphatic heterocycles. The quantitative estimate of drug-likeness (QED) is 0.185. The number of imidazole rings is 1. The molecule has 0 aliphatic rings. The molecular formula is C43H28N4. The zero-order valence-corrected chi connectivity index (χ0v) is 25.5. The van der Waals surface area contributed by atoms with Crippen LogP contribution in [-0.4, -0.2) is 19.5 Å². The molecule has 47 heavy (non-hydrogen) atoms. The van der Waals surface area contributed by atoms with Crippen LogP contribution in [0, 0.1) is 0 Å². The number of benzene rings is 7. The molecule has 2 heterocycles. The largest absolute Gasteiger partial charge is 0.275 e. The molecule has 220 valence electrons. The molecule has 9 aromatic rings. The highest BCUT2D eigenvalue weighted by Gasteiger charge is 2.19. The van der Waals surface area contributed by atoms with Crippen molar-refractivity contribution in [1.82, 2.24) is 19.5 Å². The Morgan fingerprint density at radius 1 is 0.383 bits per heavy atom. The van der Waals surface area contributed by atoms with Gasteiger partial charge < -0.3 is 0 Å². The lowest BCUT2D eigenvalue weighted by atomic mass is 9.85. The molecule has 0 amide bonds. The minimum Gasteiger partial charge on any atom is -0.275 e. The van der Waals surface area contributed by atoms with Crippen molar-refractivity contribution in [2.75, 3.05) is 0 Å². The van der Waals surface area contributed by atoms with Gasteiger partial charge in [0.2, 0.25) is 0 Å². The molecule has 0 bridgehead atoms. The molecule has 0 saturated heterocycles. The summed E-state index contributed by atoms with van der Waals surface area (Å²) in [6, 6.07) is 56.1. The topological polar surface area (TPSA) is 43.6 Å². The molecule has 4 heteroatoms. The van der Waals surface area contributed by atoms with Crippen LogP contribution in [0.3, 0.4) is 0 Å². The summed E-state index contributed by atoms with van der Waals surface area (Å²) in [4.78, 5) is 14.0. The van der Waals surface area contributed by atoms with Crippen molar-refractivity contribution < 1.29 is 0 Å². The van der Waals surface area contributed by atoms with Crippen LogP contribution in [0.15, 0.2) is 170 Å². The van der Waals surface area contributed by atoms with Crippen molar-refractivity contribution in [2.24, 2.45) is 0 Å². The number of hydrogen-bond donors (Lipinski definition) is 0. The summed E-state index contributed by atoms with van der Waals surface area (Å²) in [7, 11) is 0. The summed E-state index contributed by atoms with van der Waals surface area (Å²) in [6.07, 6.45) is 3.41. The fourth-order valence-electron chi connectivity index (χ4n) is 6.83. The van der Waals surface area contributed by atoms with Gasteiger partial charge in [-0.05, 0) is 73.1 Å². The molecule has 2 aromatic heterocycles. The Morgan fingerprint density at radius 3 is 1.53 bits per heavy atom. The summed E-state index contributed by atoms with van der Waals surface area (Å²) in [5.41, 5.74) is 10.6. The summed E-state index contributed by atoms with van der Waals surface area (Å²) < 4.78 is 2.09. The predicted molar refractivity (Wildman–Crippen MR) is 193 cm³/mol. The first-order chi connectivity index (χ1) is 23.3. The van der Waals surface area contributed by atoms with Gasteiger partial charge in [-0.1, -0.05) is 140 Å². The molecule has 7 aromatic carbocycles. The first-order valence-electron chi connectivity index (χ1n) is 15.8. The van der Waals surface area contributed by atoms with Crippen molar-refractivity contribution in [3.63, 3.8) is 0 Å². The fraction of sp³-hybridized carbons (Fsp3) is 0. The zero-order valence-electron chi connectivity index (χ0n) is 25.5. The molecule has 0 unspecified atom stereocenters. The summed E-state index contributed by atoms with van der Waals surface area (Å²) >= 11 is 0. The van der Waals surface area contributed by atoms with Crippen molar-refractivity contribution in [3.8, 4) is 50.5 Å². The van der Waals surface area contributed by atoms with E-state index in [2.05, 4.69) is 154 Å². The highest BCUT2D eigenvalue weighted by Crippen LogP contribution is 2.44. The Balaban J connectivity index is 1.24. The number of hydrogen-bond acceptors (Lipinski definition) is 3. The SMILES string of the molecule is c1ccc(-c2c3ccccc3c(-c3ccccc3)c3cc(-c4ccc(-n5c(-c6ccccc6)nc6nccnc65)cc4)ccc23)cc1. The van der Waals surface area contributed by atoms with Crippen LogP contribution in [0.4, 0.5) is 0 Å². The van der Waals surface area contributed by atoms with Gasteiger partial charge in [-0.2, -0.15) is 0 Å². The summed E-state index contributed by atoms with van der Waals surface area (Å²) in [6.45, 7) is 0. The van der Waals surface area contributed by atoms with Crippen LogP contribution in [0.2, 0.25) is 0 Å². The van der Waals surface area contributed by atoms with E-state index in [4.69, 9.17) is 4.98 Å². The molecule has 0 aliphatic carbocycles. The third-order valence-corrected chi connectivity index (χ3v) is 8.94. The molecule has 0 fully saturated rings. The second-order valence-corrected chi connectivity index (χ2v) is 11.7. The van der Waals surface area contributed by atoms with E-state index in [1.807, 2.05) is 18.2 Å². The smallest absolute Gasteiger partial charge is 0.198 e. The van der Waals surface area contributed by atoms with Crippen molar-refractivity contribution in [1.29, 1.82) is 0 Å². The first-order valence-corrected chi connectivity index (χ1v) is 15.8. The maximum atomic E-state index is 4.86. The van der Waals surface area contributed by atoms with Gasteiger partial charge >= 0.3 is 0 Å². The summed E-state index contributed by atoms with van der Waals surface area (Å²) in [5.74, 6) is 0.818. The Morgan fingerprint density at radius 2 is 0.894 bits per heavy atom. The highest BCUT2D eigenvalue weighted by atomic mass is 15.2. The van der Waals surface area contributed by atoms with Crippen LogP contribution in [0.1, 0.15) is 0 Å². The lowest BCUT2D eigenvalue weighted by molar-refractivity contribution is 1.08. The van der Waals surface area contributed by atoms with E-state index in [0.29, 0.717) is 5.65 Å². The predicted octanol–water partition coefficient (Wildman–Crippen LogP) is 10.8. The van der Waals surface area contributed by atoms with Crippen LogP contribution < -0.4 is 0 Å². The molecule has 0 radical (unpaired) electrons. The Hall–Kier alpha value is -6.39. The van der Waals surface area contributed by atoms with Gasteiger partial charge in [-0.3, -0.25) is 4.57 Å². The van der Waals surface area contributed by atoms with Gasteiger partial charge in [0.05, 0.1) is 0 Å². The maximum Gasteiger partial charge on any atom is 0.198 e. The third-order valence-electron chi connectivity index (χ3n) is 8.94. The number of nitrogens with zero attached hydrogens (tertiary/aromatic N) is 4. The average molecular weight is 601 g/mol. The van der Waals surface area contributed by atoms with E-state index in [1.165, 1.54) is 43.8 Å².